The smallest absolute Gasteiger partial charge is 0.338 e. The molecule has 3 N–H and O–H groups in total. The fourth-order valence-corrected chi connectivity index (χ4v) is 1.12. The number of hydrazine groups is 1. The topological polar surface area (TPSA) is 64.3 Å². The van der Waals surface area contributed by atoms with Gasteiger partial charge in [-0.2, -0.15) is 0 Å². The summed E-state index contributed by atoms with van der Waals surface area (Å²) in [6.07, 6.45) is 0. The molecular weight excluding hydrogens is 216 g/mol. The van der Waals surface area contributed by atoms with Crippen molar-refractivity contribution >= 4 is 24.1 Å². The van der Waals surface area contributed by atoms with Gasteiger partial charge in [0.15, 0.2) is 0 Å². The number of carbonyl (C=O) groups excluding carboxylic acids is 1. The first kappa shape index (κ1) is 13.7. The second kappa shape index (κ2) is 6.27. The quantitative estimate of drug-likeness (QED) is 0.473. The van der Waals surface area contributed by atoms with Gasteiger partial charge in [-0.15, -0.1) is 12.4 Å². The van der Waals surface area contributed by atoms with Gasteiger partial charge in [-0.1, -0.05) is 6.07 Å². The van der Waals surface area contributed by atoms with Crippen LogP contribution < -0.4 is 11.3 Å². The molecular formula is C10H15ClN2O2. The molecule has 0 unspecified atom stereocenters. The number of nitrogen functional groups attached to an aromatic ring is 1. The van der Waals surface area contributed by atoms with E-state index in [0.717, 1.165) is 11.3 Å². The van der Waals surface area contributed by atoms with Crippen LogP contribution in [0.5, 0.6) is 0 Å². The van der Waals surface area contributed by atoms with Gasteiger partial charge in [0.1, 0.15) is 0 Å². The van der Waals surface area contributed by atoms with Gasteiger partial charge in [0, 0.05) is 0 Å². The van der Waals surface area contributed by atoms with Crippen molar-refractivity contribution in [3.8, 4) is 0 Å². The van der Waals surface area contributed by atoms with Crippen molar-refractivity contribution in [1.29, 1.82) is 0 Å². The second-order valence-electron chi connectivity index (χ2n) is 2.89. The van der Waals surface area contributed by atoms with Crippen LogP contribution >= 0.6 is 12.4 Å². The second-order valence-corrected chi connectivity index (χ2v) is 2.89. The van der Waals surface area contributed by atoms with Crippen molar-refractivity contribution in [3.63, 3.8) is 0 Å². The standard InChI is InChI=1S/C10H14N2O2.ClH/c1-3-14-10(13)8-5-4-7(2)9(6-8)12-11;/h4-6,12H,3,11H2,1-2H3;1H. The number of nitrogens with two attached hydrogens (primary N) is 1. The molecule has 84 valence electrons. The van der Waals surface area contributed by atoms with Gasteiger partial charge in [-0.05, 0) is 31.5 Å². The van der Waals surface area contributed by atoms with E-state index in [1.165, 1.54) is 0 Å². The number of hydrogen-bond donors (Lipinski definition) is 2. The van der Waals surface area contributed by atoms with E-state index < -0.39 is 0 Å². The van der Waals surface area contributed by atoms with Crippen LogP contribution in [0, 0.1) is 6.92 Å². The van der Waals surface area contributed by atoms with Crippen LogP contribution in [0.1, 0.15) is 22.8 Å². The highest BCUT2D eigenvalue weighted by Gasteiger charge is 2.07. The average molecular weight is 231 g/mol. The fraction of sp³-hybridized carbons (Fsp3) is 0.300. The highest BCUT2D eigenvalue weighted by Crippen LogP contribution is 2.16. The van der Waals surface area contributed by atoms with Crippen LogP contribution in [0.3, 0.4) is 0 Å². The van der Waals surface area contributed by atoms with E-state index in [4.69, 9.17) is 10.6 Å². The lowest BCUT2D eigenvalue weighted by Gasteiger charge is -2.07. The number of aryl methyl sites for hydroxylation is 1. The third-order valence-electron chi connectivity index (χ3n) is 1.90. The Hall–Kier alpha value is -1.26. The summed E-state index contributed by atoms with van der Waals surface area (Å²) in [5.41, 5.74) is 4.75. The van der Waals surface area contributed by atoms with Crippen molar-refractivity contribution < 1.29 is 9.53 Å². The average Bonchev–Trinajstić information content (AvgIpc) is 2.19. The van der Waals surface area contributed by atoms with E-state index >= 15 is 0 Å². The zero-order valence-electron chi connectivity index (χ0n) is 8.74. The number of esters is 1. The van der Waals surface area contributed by atoms with Crippen LogP contribution in [-0.4, -0.2) is 12.6 Å². The molecule has 0 heterocycles. The van der Waals surface area contributed by atoms with Crippen LogP contribution in [0.25, 0.3) is 0 Å². The minimum Gasteiger partial charge on any atom is -0.462 e. The van der Waals surface area contributed by atoms with Gasteiger partial charge in [0.25, 0.3) is 0 Å². The number of ether oxygens (including phenoxy) is 1. The van der Waals surface area contributed by atoms with E-state index in [-0.39, 0.29) is 18.4 Å². The molecule has 0 saturated carbocycles. The molecule has 0 amide bonds. The molecule has 1 aromatic carbocycles. The van der Waals surface area contributed by atoms with Gasteiger partial charge < -0.3 is 10.2 Å². The number of hydrogen-bond acceptors (Lipinski definition) is 4. The van der Waals surface area contributed by atoms with Crippen LogP contribution in [0.15, 0.2) is 18.2 Å². The molecule has 0 bridgehead atoms. The Labute approximate surface area is 95.2 Å². The fourth-order valence-electron chi connectivity index (χ4n) is 1.12. The third kappa shape index (κ3) is 3.42. The lowest BCUT2D eigenvalue weighted by Crippen LogP contribution is -2.10. The zero-order valence-corrected chi connectivity index (χ0v) is 9.56. The molecule has 0 fully saturated rings. The number of halogens is 1. The maximum atomic E-state index is 11.3. The lowest BCUT2D eigenvalue weighted by atomic mass is 10.1. The maximum absolute atomic E-state index is 11.3. The Kier molecular flexibility index (Phi) is 5.74. The van der Waals surface area contributed by atoms with Crippen molar-refractivity contribution in [2.24, 2.45) is 5.84 Å². The summed E-state index contributed by atoms with van der Waals surface area (Å²) in [7, 11) is 0. The van der Waals surface area contributed by atoms with Crippen LogP contribution in [0.2, 0.25) is 0 Å². The highest BCUT2D eigenvalue weighted by atomic mass is 35.5. The molecule has 0 spiro atoms. The maximum Gasteiger partial charge on any atom is 0.338 e. The Morgan fingerprint density at radius 2 is 2.20 bits per heavy atom. The minimum absolute atomic E-state index is 0. The van der Waals surface area contributed by atoms with E-state index in [1.807, 2.05) is 13.0 Å². The number of carbonyl (C=O) groups is 1. The number of benzene rings is 1. The van der Waals surface area contributed by atoms with Gasteiger partial charge in [0.05, 0.1) is 17.9 Å². The van der Waals surface area contributed by atoms with Crippen molar-refractivity contribution in [2.75, 3.05) is 12.0 Å². The summed E-state index contributed by atoms with van der Waals surface area (Å²) in [4.78, 5) is 11.3. The monoisotopic (exact) mass is 230 g/mol. The predicted octanol–water partition coefficient (Wildman–Crippen LogP) is 1.88. The molecule has 1 aromatic rings. The summed E-state index contributed by atoms with van der Waals surface area (Å²) < 4.78 is 4.86. The normalized spacial score (nSPS) is 9.00. The Bertz CT molecular complexity index is 342. The summed E-state index contributed by atoms with van der Waals surface area (Å²) in [5.74, 6) is 4.96. The first-order chi connectivity index (χ1) is 6.69. The Morgan fingerprint density at radius 3 is 2.73 bits per heavy atom. The number of anilines is 1. The van der Waals surface area contributed by atoms with Crippen molar-refractivity contribution in [2.45, 2.75) is 13.8 Å². The molecule has 15 heavy (non-hydrogen) atoms. The lowest BCUT2D eigenvalue weighted by molar-refractivity contribution is 0.0526. The van der Waals surface area contributed by atoms with Crippen molar-refractivity contribution in [1.82, 2.24) is 0 Å². The van der Waals surface area contributed by atoms with Gasteiger partial charge >= 0.3 is 5.97 Å². The predicted molar refractivity (Wildman–Crippen MR) is 62.2 cm³/mol. The van der Waals surface area contributed by atoms with Gasteiger partial charge in [0.2, 0.25) is 0 Å². The SMILES string of the molecule is CCOC(=O)c1ccc(C)c(NN)c1.Cl. The first-order valence-electron chi connectivity index (χ1n) is 4.43. The molecule has 0 atom stereocenters. The van der Waals surface area contributed by atoms with Gasteiger partial charge in [-0.25, -0.2) is 4.79 Å². The summed E-state index contributed by atoms with van der Waals surface area (Å²) >= 11 is 0. The van der Waals surface area contributed by atoms with E-state index in [0.29, 0.717) is 12.2 Å². The molecule has 0 aliphatic carbocycles. The number of nitrogens with one attached hydrogen (secondary N) is 1. The minimum atomic E-state index is -0.330. The molecule has 4 nitrogen and oxygen atoms in total. The van der Waals surface area contributed by atoms with Gasteiger partial charge in [-0.3, -0.25) is 5.84 Å². The highest BCUT2D eigenvalue weighted by molar-refractivity contribution is 5.90. The molecule has 0 saturated heterocycles. The summed E-state index contributed by atoms with van der Waals surface area (Å²) in [6.45, 7) is 4.05. The van der Waals surface area contributed by atoms with E-state index in [2.05, 4.69) is 5.43 Å². The molecule has 0 radical (unpaired) electrons. The summed E-state index contributed by atoms with van der Waals surface area (Å²) in [6, 6.07) is 5.21. The molecule has 0 aliphatic heterocycles. The number of rotatable bonds is 3. The molecule has 5 heteroatoms. The zero-order chi connectivity index (χ0) is 10.6. The van der Waals surface area contributed by atoms with Crippen LogP contribution in [0.4, 0.5) is 5.69 Å². The molecule has 0 aliphatic rings. The summed E-state index contributed by atoms with van der Waals surface area (Å²) in [5, 5.41) is 0. The van der Waals surface area contributed by atoms with Crippen molar-refractivity contribution in [3.05, 3.63) is 29.3 Å². The largest absolute Gasteiger partial charge is 0.462 e. The third-order valence-corrected chi connectivity index (χ3v) is 1.90. The first-order valence-corrected chi connectivity index (χ1v) is 4.43. The van der Waals surface area contributed by atoms with Crippen LogP contribution in [-0.2, 0) is 4.74 Å². The van der Waals surface area contributed by atoms with E-state index in [1.54, 1.807) is 19.1 Å². The van der Waals surface area contributed by atoms with E-state index in [9.17, 15) is 4.79 Å². The Balaban J connectivity index is 0.00000196. The molecule has 0 aromatic heterocycles. The Morgan fingerprint density at radius 1 is 1.53 bits per heavy atom. The molecule has 1 rings (SSSR count).